The van der Waals surface area contributed by atoms with Crippen molar-refractivity contribution < 1.29 is 14.7 Å². The van der Waals surface area contributed by atoms with Gasteiger partial charge in [0.15, 0.2) is 0 Å². The standard InChI is InChI=1S/C6H13N3O3/c7-2-1-5(10)9-4(3-8)6(11)12/h4H,1-3,7-8H2,(H,9,10)(H,11,12)/t4-/m1/s1. The number of nitrogens with two attached hydrogens (primary N) is 2. The average Bonchev–Trinajstić information content (AvgIpc) is 2.00. The Morgan fingerprint density at radius 3 is 2.33 bits per heavy atom. The number of amides is 1. The van der Waals surface area contributed by atoms with E-state index in [1.165, 1.54) is 0 Å². The van der Waals surface area contributed by atoms with Gasteiger partial charge < -0.3 is 21.9 Å². The van der Waals surface area contributed by atoms with Crippen LogP contribution in [0.5, 0.6) is 0 Å². The second-order valence-corrected chi connectivity index (χ2v) is 2.23. The number of carboxylic acid groups (broad SMARTS) is 1. The molecule has 0 aliphatic rings. The largest absolute Gasteiger partial charge is 0.480 e. The Morgan fingerprint density at radius 2 is 2.00 bits per heavy atom. The molecule has 6 heteroatoms. The molecule has 0 fully saturated rings. The van der Waals surface area contributed by atoms with E-state index in [4.69, 9.17) is 16.6 Å². The molecule has 0 radical (unpaired) electrons. The highest BCUT2D eigenvalue weighted by Crippen LogP contribution is 1.83. The smallest absolute Gasteiger partial charge is 0.327 e. The highest BCUT2D eigenvalue weighted by molar-refractivity contribution is 5.83. The summed E-state index contributed by atoms with van der Waals surface area (Å²) in [6.45, 7) is 0.0778. The Hall–Kier alpha value is -1.14. The minimum atomic E-state index is -1.14. The molecule has 0 unspecified atom stereocenters. The van der Waals surface area contributed by atoms with Gasteiger partial charge in [0.2, 0.25) is 5.91 Å². The molecule has 0 saturated heterocycles. The summed E-state index contributed by atoms with van der Waals surface area (Å²) in [6, 6.07) is -1.01. The molecule has 6 nitrogen and oxygen atoms in total. The first-order valence-electron chi connectivity index (χ1n) is 3.54. The molecule has 0 heterocycles. The van der Waals surface area contributed by atoms with E-state index in [0.717, 1.165) is 0 Å². The minimum Gasteiger partial charge on any atom is -0.480 e. The number of carbonyl (C=O) groups excluding carboxylic acids is 1. The lowest BCUT2D eigenvalue weighted by Crippen LogP contribution is -2.46. The second-order valence-electron chi connectivity index (χ2n) is 2.23. The Morgan fingerprint density at radius 1 is 1.42 bits per heavy atom. The normalized spacial score (nSPS) is 12.2. The van der Waals surface area contributed by atoms with Gasteiger partial charge in [-0.3, -0.25) is 4.79 Å². The Labute approximate surface area is 69.9 Å². The van der Waals surface area contributed by atoms with Crippen molar-refractivity contribution in [3.05, 3.63) is 0 Å². The van der Waals surface area contributed by atoms with Crippen LogP contribution in [0.25, 0.3) is 0 Å². The van der Waals surface area contributed by atoms with Crippen molar-refractivity contribution in [2.45, 2.75) is 12.5 Å². The summed E-state index contributed by atoms with van der Waals surface area (Å²) in [5.74, 6) is -1.53. The Kier molecular flexibility index (Phi) is 4.98. The van der Waals surface area contributed by atoms with E-state index in [-0.39, 0.29) is 19.5 Å². The third-order valence-corrected chi connectivity index (χ3v) is 1.24. The Balaban J connectivity index is 3.85. The van der Waals surface area contributed by atoms with Crippen molar-refractivity contribution in [3.8, 4) is 0 Å². The van der Waals surface area contributed by atoms with Crippen molar-refractivity contribution in [1.82, 2.24) is 5.32 Å². The number of rotatable bonds is 5. The van der Waals surface area contributed by atoms with Crippen LogP contribution >= 0.6 is 0 Å². The summed E-state index contributed by atoms with van der Waals surface area (Å²) >= 11 is 0. The average molecular weight is 175 g/mol. The molecule has 0 aliphatic carbocycles. The van der Waals surface area contributed by atoms with Gasteiger partial charge in [0.05, 0.1) is 0 Å². The monoisotopic (exact) mass is 175 g/mol. The molecule has 6 N–H and O–H groups in total. The SMILES string of the molecule is NCCC(=O)N[C@H](CN)C(=O)O. The molecule has 0 bridgehead atoms. The van der Waals surface area contributed by atoms with Gasteiger partial charge in [-0.05, 0) is 0 Å². The van der Waals surface area contributed by atoms with Crippen LogP contribution in [0.1, 0.15) is 6.42 Å². The van der Waals surface area contributed by atoms with Crippen molar-refractivity contribution in [2.75, 3.05) is 13.1 Å². The van der Waals surface area contributed by atoms with Crippen molar-refractivity contribution in [1.29, 1.82) is 0 Å². The van der Waals surface area contributed by atoms with E-state index in [0.29, 0.717) is 0 Å². The maximum Gasteiger partial charge on any atom is 0.327 e. The van der Waals surface area contributed by atoms with Crippen LogP contribution in [-0.4, -0.2) is 36.1 Å². The number of hydrogen-bond donors (Lipinski definition) is 4. The summed E-state index contributed by atoms with van der Waals surface area (Å²) in [7, 11) is 0. The summed E-state index contributed by atoms with van der Waals surface area (Å²) in [5, 5.41) is 10.7. The van der Waals surface area contributed by atoms with Crippen LogP contribution in [0.15, 0.2) is 0 Å². The summed E-state index contributed by atoms with van der Waals surface area (Å²) in [4.78, 5) is 21.2. The Bertz CT molecular complexity index is 171. The van der Waals surface area contributed by atoms with Gasteiger partial charge in [-0.2, -0.15) is 0 Å². The molecular formula is C6H13N3O3. The van der Waals surface area contributed by atoms with E-state index in [9.17, 15) is 9.59 Å². The minimum absolute atomic E-state index is 0.115. The van der Waals surface area contributed by atoms with Gasteiger partial charge in [0.1, 0.15) is 6.04 Å². The topological polar surface area (TPSA) is 118 Å². The molecule has 0 saturated carbocycles. The number of aliphatic carboxylic acids is 1. The molecule has 0 aromatic carbocycles. The fourth-order valence-electron chi connectivity index (χ4n) is 0.619. The molecule has 0 aliphatic heterocycles. The van der Waals surface area contributed by atoms with Crippen LogP contribution < -0.4 is 16.8 Å². The molecule has 1 atom stereocenters. The third kappa shape index (κ3) is 3.89. The molecule has 70 valence electrons. The molecule has 1 amide bonds. The van der Waals surface area contributed by atoms with E-state index in [1.807, 2.05) is 0 Å². The molecule has 0 spiro atoms. The van der Waals surface area contributed by atoms with Gasteiger partial charge >= 0.3 is 5.97 Å². The molecule has 12 heavy (non-hydrogen) atoms. The summed E-state index contributed by atoms with van der Waals surface area (Å²) in [5.41, 5.74) is 10.2. The van der Waals surface area contributed by atoms with Crippen LogP contribution in [0.4, 0.5) is 0 Å². The highest BCUT2D eigenvalue weighted by atomic mass is 16.4. The quantitative estimate of drug-likeness (QED) is 0.380. The van der Waals surface area contributed by atoms with Crippen molar-refractivity contribution in [2.24, 2.45) is 11.5 Å². The lowest BCUT2D eigenvalue weighted by Gasteiger charge is -2.10. The van der Waals surface area contributed by atoms with Gasteiger partial charge in [0, 0.05) is 19.5 Å². The number of carboxylic acids is 1. The van der Waals surface area contributed by atoms with Gasteiger partial charge in [0.25, 0.3) is 0 Å². The van der Waals surface area contributed by atoms with Crippen LogP contribution in [0.3, 0.4) is 0 Å². The lowest BCUT2D eigenvalue weighted by molar-refractivity contribution is -0.141. The van der Waals surface area contributed by atoms with Crippen molar-refractivity contribution in [3.63, 3.8) is 0 Å². The first-order chi connectivity index (χ1) is 5.61. The zero-order valence-electron chi connectivity index (χ0n) is 6.62. The van der Waals surface area contributed by atoms with Crippen molar-refractivity contribution >= 4 is 11.9 Å². The van der Waals surface area contributed by atoms with E-state index < -0.39 is 17.9 Å². The number of hydrogen-bond acceptors (Lipinski definition) is 4. The lowest BCUT2D eigenvalue weighted by atomic mass is 10.3. The highest BCUT2D eigenvalue weighted by Gasteiger charge is 2.16. The third-order valence-electron chi connectivity index (χ3n) is 1.24. The van der Waals surface area contributed by atoms with Crippen LogP contribution in [0, 0.1) is 0 Å². The predicted molar refractivity (Wildman–Crippen MR) is 42.3 cm³/mol. The van der Waals surface area contributed by atoms with Gasteiger partial charge in [-0.15, -0.1) is 0 Å². The molecule has 0 aromatic rings. The summed E-state index contributed by atoms with van der Waals surface area (Å²) < 4.78 is 0. The number of carbonyl (C=O) groups is 2. The summed E-state index contributed by atoms with van der Waals surface area (Å²) in [6.07, 6.45) is 0.115. The number of nitrogens with one attached hydrogen (secondary N) is 1. The van der Waals surface area contributed by atoms with Crippen LogP contribution in [0.2, 0.25) is 0 Å². The van der Waals surface area contributed by atoms with Crippen LogP contribution in [-0.2, 0) is 9.59 Å². The van der Waals surface area contributed by atoms with E-state index >= 15 is 0 Å². The van der Waals surface area contributed by atoms with E-state index in [2.05, 4.69) is 5.32 Å². The van der Waals surface area contributed by atoms with Gasteiger partial charge in [-0.1, -0.05) is 0 Å². The van der Waals surface area contributed by atoms with E-state index in [1.54, 1.807) is 0 Å². The zero-order valence-corrected chi connectivity index (χ0v) is 6.62. The molecular weight excluding hydrogens is 162 g/mol. The zero-order chi connectivity index (χ0) is 9.56. The van der Waals surface area contributed by atoms with Gasteiger partial charge in [-0.25, -0.2) is 4.79 Å². The maximum absolute atomic E-state index is 10.8. The maximum atomic E-state index is 10.8. The fraction of sp³-hybridized carbons (Fsp3) is 0.667. The molecule has 0 rings (SSSR count). The molecule has 0 aromatic heterocycles. The predicted octanol–water partition coefficient (Wildman–Crippen LogP) is -2.14. The fourth-order valence-corrected chi connectivity index (χ4v) is 0.619. The second kappa shape index (κ2) is 5.50. The first-order valence-corrected chi connectivity index (χ1v) is 3.54. The first kappa shape index (κ1) is 10.9.